The smallest absolute Gasteiger partial charge is 0.243 e. The molecule has 1 spiro atoms. The number of rotatable bonds is 4. The van der Waals surface area contributed by atoms with Crippen molar-refractivity contribution >= 4 is 15.9 Å². The van der Waals surface area contributed by atoms with E-state index in [-0.39, 0.29) is 41.5 Å². The fourth-order valence-electron chi connectivity index (χ4n) is 5.65. The van der Waals surface area contributed by atoms with E-state index in [0.717, 1.165) is 55.5 Å². The summed E-state index contributed by atoms with van der Waals surface area (Å²) >= 11 is 0. The molecule has 1 atom stereocenters. The summed E-state index contributed by atoms with van der Waals surface area (Å²) in [6, 6.07) is 12.7. The normalized spacial score (nSPS) is 23.1. The number of halogens is 1. The lowest BCUT2D eigenvalue weighted by Gasteiger charge is -2.45. The second-order valence-electron chi connectivity index (χ2n) is 9.78. The Bertz CT molecular complexity index is 1140. The van der Waals surface area contributed by atoms with Crippen LogP contribution in [0.2, 0.25) is 0 Å². The molecule has 182 valence electrons. The van der Waals surface area contributed by atoms with Gasteiger partial charge in [0, 0.05) is 31.0 Å². The van der Waals surface area contributed by atoms with Crippen molar-refractivity contribution < 1.29 is 22.3 Å². The number of nitrogens with one attached hydrogen (secondary N) is 1. The molecule has 0 bridgehead atoms. The number of para-hydroxylation sites is 1. The molecule has 34 heavy (non-hydrogen) atoms. The van der Waals surface area contributed by atoms with Crippen molar-refractivity contribution in [2.45, 2.75) is 67.9 Å². The van der Waals surface area contributed by atoms with Crippen LogP contribution in [0.5, 0.6) is 5.75 Å². The molecule has 2 aromatic rings. The van der Waals surface area contributed by atoms with E-state index in [4.69, 9.17) is 4.74 Å². The zero-order valence-electron chi connectivity index (χ0n) is 19.2. The van der Waals surface area contributed by atoms with Gasteiger partial charge in [0.1, 0.15) is 17.2 Å². The predicted molar refractivity (Wildman–Crippen MR) is 126 cm³/mol. The summed E-state index contributed by atoms with van der Waals surface area (Å²) in [4.78, 5) is 13.3. The molecule has 2 heterocycles. The maximum absolute atomic E-state index is 13.2. The Balaban J connectivity index is 1.25. The van der Waals surface area contributed by atoms with Crippen molar-refractivity contribution in [2.75, 3.05) is 13.1 Å². The van der Waals surface area contributed by atoms with Crippen LogP contribution in [0, 0.1) is 11.7 Å². The van der Waals surface area contributed by atoms with Crippen LogP contribution in [-0.2, 0) is 14.8 Å². The number of fused-ring (bicyclic) bond motifs is 1. The summed E-state index contributed by atoms with van der Waals surface area (Å²) < 4.78 is 46.8. The van der Waals surface area contributed by atoms with Crippen LogP contribution < -0.4 is 10.1 Å². The van der Waals surface area contributed by atoms with E-state index in [9.17, 15) is 17.6 Å². The Kier molecular flexibility index (Phi) is 6.37. The molecular formula is C26H31FN2O4S. The van der Waals surface area contributed by atoms with E-state index in [1.165, 1.54) is 22.9 Å². The molecule has 1 aliphatic carbocycles. The zero-order chi connectivity index (χ0) is 23.8. The highest BCUT2D eigenvalue weighted by atomic mass is 32.2. The van der Waals surface area contributed by atoms with Gasteiger partial charge in [0.25, 0.3) is 0 Å². The summed E-state index contributed by atoms with van der Waals surface area (Å²) in [7, 11) is -3.70. The van der Waals surface area contributed by atoms with E-state index >= 15 is 0 Å². The number of carbonyl (C=O) groups is 1. The lowest BCUT2D eigenvalue weighted by molar-refractivity contribution is -0.127. The number of benzene rings is 2. The van der Waals surface area contributed by atoms with Gasteiger partial charge in [-0.3, -0.25) is 4.79 Å². The van der Waals surface area contributed by atoms with Gasteiger partial charge in [0.15, 0.2) is 0 Å². The van der Waals surface area contributed by atoms with E-state index in [1.54, 1.807) is 0 Å². The fraction of sp³-hybridized carbons (Fsp3) is 0.500. The molecule has 1 N–H and O–H groups in total. The highest BCUT2D eigenvalue weighted by Gasteiger charge is 2.43. The van der Waals surface area contributed by atoms with Crippen molar-refractivity contribution in [3.8, 4) is 5.75 Å². The molecule has 1 saturated heterocycles. The molecule has 0 unspecified atom stereocenters. The molecule has 1 saturated carbocycles. The van der Waals surface area contributed by atoms with Crippen LogP contribution in [0.25, 0.3) is 0 Å². The number of piperidine rings is 1. The molecule has 8 heteroatoms. The Morgan fingerprint density at radius 3 is 2.38 bits per heavy atom. The summed E-state index contributed by atoms with van der Waals surface area (Å²) in [5.74, 6) is 0.128. The Hall–Kier alpha value is -2.45. The Labute approximate surface area is 200 Å². The van der Waals surface area contributed by atoms with E-state index < -0.39 is 15.8 Å². The largest absolute Gasteiger partial charge is 0.487 e. The average molecular weight is 487 g/mol. The second kappa shape index (κ2) is 9.30. The van der Waals surface area contributed by atoms with Gasteiger partial charge in [-0.05, 0) is 68.9 Å². The highest BCUT2D eigenvalue weighted by molar-refractivity contribution is 7.89. The third-order valence-corrected chi connectivity index (χ3v) is 9.47. The van der Waals surface area contributed by atoms with E-state index in [1.807, 2.05) is 24.3 Å². The van der Waals surface area contributed by atoms with Gasteiger partial charge in [-0.2, -0.15) is 4.31 Å². The van der Waals surface area contributed by atoms with Crippen molar-refractivity contribution in [3.63, 3.8) is 0 Å². The summed E-state index contributed by atoms with van der Waals surface area (Å²) in [6.45, 7) is 0.540. The van der Waals surface area contributed by atoms with Gasteiger partial charge in [-0.15, -0.1) is 0 Å². The van der Waals surface area contributed by atoms with Crippen molar-refractivity contribution in [1.82, 2.24) is 9.62 Å². The van der Waals surface area contributed by atoms with Crippen LogP contribution in [0.4, 0.5) is 4.39 Å². The molecule has 1 amide bonds. The number of hydrogen-bond donors (Lipinski definition) is 1. The predicted octanol–water partition coefficient (Wildman–Crippen LogP) is 4.57. The first kappa shape index (κ1) is 23.3. The minimum atomic E-state index is -3.70. The molecular weight excluding hydrogens is 455 g/mol. The summed E-state index contributed by atoms with van der Waals surface area (Å²) in [5, 5.41) is 3.28. The lowest BCUT2D eigenvalue weighted by atomic mass is 9.77. The number of sulfonamides is 1. The third-order valence-electron chi connectivity index (χ3n) is 7.55. The topological polar surface area (TPSA) is 75.7 Å². The highest BCUT2D eigenvalue weighted by Crippen LogP contribution is 2.46. The molecule has 5 rings (SSSR count). The van der Waals surface area contributed by atoms with E-state index in [0.29, 0.717) is 12.8 Å². The fourth-order valence-corrected chi connectivity index (χ4v) is 7.12. The first-order valence-electron chi connectivity index (χ1n) is 12.2. The van der Waals surface area contributed by atoms with Gasteiger partial charge < -0.3 is 10.1 Å². The molecule has 2 fully saturated rings. The molecule has 6 nitrogen and oxygen atoms in total. The molecule has 2 aromatic carbocycles. The first-order valence-corrected chi connectivity index (χ1v) is 13.6. The monoisotopic (exact) mass is 486 g/mol. The number of amides is 1. The van der Waals surface area contributed by atoms with Crippen LogP contribution in [-0.4, -0.2) is 37.3 Å². The molecule has 3 aliphatic rings. The molecule has 2 aliphatic heterocycles. The van der Waals surface area contributed by atoms with Gasteiger partial charge in [0.05, 0.1) is 10.9 Å². The van der Waals surface area contributed by atoms with Gasteiger partial charge in [0.2, 0.25) is 15.9 Å². The van der Waals surface area contributed by atoms with Gasteiger partial charge >= 0.3 is 0 Å². The van der Waals surface area contributed by atoms with Crippen LogP contribution in [0.1, 0.15) is 63.0 Å². The standard InChI is InChI=1S/C26H31FN2O4S/c27-20-8-10-21(11-9-20)34(31,32)29-16-12-19(13-17-29)25(30)28-23-18-26(14-4-1-5-15-26)33-24-7-3-2-6-22(23)24/h2-3,6-11,19,23H,1,4-5,12-18H2,(H,28,30)/t23-/m1/s1. The minimum Gasteiger partial charge on any atom is -0.487 e. The van der Waals surface area contributed by atoms with E-state index in [2.05, 4.69) is 5.32 Å². The average Bonchev–Trinajstić information content (AvgIpc) is 2.85. The minimum absolute atomic E-state index is 0.0218. The third kappa shape index (κ3) is 4.58. The Morgan fingerprint density at radius 1 is 1.00 bits per heavy atom. The number of ether oxygens (including phenoxy) is 1. The first-order chi connectivity index (χ1) is 16.4. The second-order valence-corrected chi connectivity index (χ2v) is 11.7. The zero-order valence-corrected chi connectivity index (χ0v) is 20.0. The SMILES string of the molecule is O=C(N[C@@H]1CC2(CCCCC2)Oc2ccccc21)C1CCN(S(=O)(=O)c2ccc(F)cc2)CC1. The summed E-state index contributed by atoms with van der Waals surface area (Å²) in [5.41, 5.74) is 0.806. The van der Waals surface area contributed by atoms with Crippen LogP contribution >= 0.6 is 0 Å². The lowest BCUT2D eigenvalue weighted by Crippen LogP contribution is -2.48. The van der Waals surface area contributed by atoms with Gasteiger partial charge in [-0.25, -0.2) is 12.8 Å². The number of hydrogen-bond acceptors (Lipinski definition) is 4. The van der Waals surface area contributed by atoms with Crippen molar-refractivity contribution in [1.29, 1.82) is 0 Å². The van der Waals surface area contributed by atoms with Crippen LogP contribution in [0.3, 0.4) is 0 Å². The molecule has 0 radical (unpaired) electrons. The van der Waals surface area contributed by atoms with Gasteiger partial charge in [-0.1, -0.05) is 24.6 Å². The Morgan fingerprint density at radius 2 is 1.68 bits per heavy atom. The number of nitrogens with zero attached hydrogens (tertiary/aromatic N) is 1. The van der Waals surface area contributed by atoms with Crippen molar-refractivity contribution in [2.24, 2.45) is 5.92 Å². The molecule has 0 aromatic heterocycles. The number of carbonyl (C=O) groups excluding carboxylic acids is 1. The quantitative estimate of drug-likeness (QED) is 0.687. The van der Waals surface area contributed by atoms with Crippen LogP contribution in [0.15, 0.2) is 53.4 Å². The summed E-state index contributed by atoms with van der Waals surface area (Å²) in [6.07, 6.45) is 7.22. The van der Waals surface area contributed by atoms with Crippen molar-refractivity contribution in [3.05, 3.63) is 59.9 Å². The maximum Gasteiger partial charge on any atom is 0.243 e. The maximum atomic E-state index is 13.2.